The van der Waals surface area contributed by atoms with Crippen molar-refractivity contribution in [2.24, 2.45) is 5.92 Å². The predicted molar refractivity (Wildman–Crippen MR) is 31.2 cm³/mol. The first-order valence-electron chi connectivity index (χ1n) is 3.19. The highest BCUT2D eigenvalue weighted by atomic mass is 16.4. The van der Waals surface area contributed by atoms with Crippen LogP contribution in [-0.4, -0.2) is 22.5 Å². The molecule has 1 amide bonds. The predicted octanol–water partition coefficient (Wildman–Crippen LogP) is -0.650. The Hall–Kier alpha value is -1.06. The monoisotopic (exact) mass is 141 g/mol. The van der Waals surface area contributed by atoms with Gasteiger partial charge in [0.1, 0.15) is 5.54 Å². The highest BCUT2D eigenvalue weighted by Gasteiger charge is 2.66. The van der Waals surface area contributed by atoms with Gasteiger partial charge in [0.15, 0.2) is 0 Å². The summed E-state index contributed by atoms with van der Waals surface area (Å²) in [4.78, 5) is 21.1. The summed E-state index contributed by atoms with van der Waals surface area (Å²) < 4.78 is 0. The highest BCUT2D eigenvalue weighted by molar-refractivity contribution is 5.95. The first kappa shape index (κ1) is 5.70. The smallest absolute Gasteiger partial charge is 0.329 e. The number of carboxylic acid groups (broad SMARTS) is 1. The van der Waals surface area contributed by atoms with Gasteiger partial charge in [0.05, 0.1) is 0 Å². The normalized spacial score (nSPS) is 42.4. The Bertz CT molecular complexity index is 225. The standard InChI is InChI=1S/C6H7NO3/c8-4-1-3-2-6(3,7-4)5(9)10/h3H,1-2H2,(H,7,8)(H,9,10)/t3?,6-/m1/s1. The van der Waals surface area contributed by atoms with Gasteiger partial charge in [0.2, 0.25) is 5.91 Å². The van der Waals surface area contributed by atoms with Crippen LogP contribution < -0.4 is 5.32 Å². The molecule has 1 aliphatic heterocycles. The lowest BCUT2D eigenvalue weighted by molar-refractivity contribution is -0.142. The molecule has 0 radical (unpaired) electrons. The lowest BCUT2D eigenvalue weighted by Crippen LogP contribution is -2.39. The summed E-state index contributed by atoms with van der Waals surface area (Å²) in [5.74, 6) is -0.945. The molecule has 4 nitrogen and oxygen atoms in total. The number of piperidine rings is 1. The number of nitrogens with one attached hydrogen (secondary N) is 1. The molecule has 2 N–H and O–H groups in total. The summed E-state index contributed by atoms with van der Waals surface area (Å²) in [7, 11) is 0. The van der Waals surface area contributed by atoms with Crippen LogP contribution in [0.15, 0.2) is 0 Å². The molecule has 2 atom stereocenters. The van der Waals surface area contributed by atoms with Crippen LogP contribution in [0.25, 0.3) is 0 Å². The van der Waals surface area contributed by atoms with Crippen LogP contribution in [-0.2, 0) is 9.59 Å². The van der Waals surface area contributed by atoms with Gasteiger partial charge in [-0.1, -0.05) is 0 Å². The number of hydrogen-bond acceptors (Lipinski definition) is 2. The molecule has 54 valence electrons. The summed E-state index contributed by atoms with van der Waals surface area (Å²) in [6, 6.07) is 0. The van der Waals surface area contributed by atoms with Gasteiger partial charge in [-0.2, -0.15) is 0 Å². The van der Waals surface area contributed by atoms with Crippen molar-refractivity contribution in [1.82, 2.24) is 5.32 Å². The van der Waals surface area contributed by atoms with Gasteiger partial charge in [-0.25, -0.2) is 4.79 Å². The highest BCUT2D eigenvalue weighted by Crippen LogP contribution is 2.50. The van der Waals surface area contributed by atoms with Gasteiger partial charge < -0.3 is 10.4 Å². The van der Waals surface area contributed by atoms with Gasteiger partial charge in [0, 0.05) is 12.3 Å². The molecule has 0 spiro atoms. The quantitative estimate of drug-likeness (QED) is 0.510. The molecule has 1 heterocycles. The van der Waals surface area contributed by atoms with Crippen molar-refractivity contribution in [3.8, 4) is 0 Å². The number of fused-ring (bicyclic) bond motifs is 1. The van der Waals surface area contributed by atoms with Crippen LogP contribution in [0, 0.1) is 5.92 Å². The molecule has 0 bridgehead atoms. The number of carbonyl (C=O) groups excluding carboxylic acids is 1. The molecule has 4 heteroatoms. The summed E-state index contributed by atoms with van der Waals surface area (Å²) in [6.07, 6.45) is 1.01. The van der Waals surface area contributed by atoms with Gasteiger partial charge in [-0.05, 0) is 6.42 Å². The third kappa shape index (κ3) is 0.465. The van der Waals surface area contributed by atoms with E-state index < -0.39 is 11.5 Å². The first-order chi connectivity index (χ1) is 4.65. The summed E-state index contributed by atoms with van der Waals surface area (Å²) in [5.41, 5.74) is -0.850. The third-order valence-electron chi connectivity index (χ3n) is 2.28. The Kier molecular flexibility index (Phi) is 0.760. The van der Waals surface area contributed by atoms with Crippen molar-refractivity contribution >= 4 is 11.9 Å². The minimum atomic E-state index is -0.886. The van der Waals surface area contributed by atoms with E-state index in [1.54, 1.807) is 0 Å². The van der Waals surface area contributed by atoms with Crippen molar-refractivity contribution in [1.29, 1.82) is 0 Å². The third-order valence-corrected chi connectivity index (χ3v) is 2.28. The van der Waals surface area contributed by atoms with E-state index in [-0.39, 0.29) is 11.8 Å². The zero-order valence-electron chi connectivity index (χ0n) is 5.26. The topological polar surface area (TPSA) is 66.4 Å². The molecule has 2 rings (SSSR count). The molecule has 2 aliphatic rings. The van der Waals surface area contributed by atoms with Gasteiger partial charge >= 0.3 is 5.97 Å². The van der Waals surface area contributed by atoms with Crippen LogP contribution in [0.2, 0.25) is 0 Å². The maximum Gasteiger partial charge on any atom is 0.329 e. The summed E-state index contributed by atoms with van der Waals surface area (Å²) in [5, 5.41) is 11.1. The van der Waals surface area contributed by atoms with E-state index in [9.17, 15) is 9.59 Å². The average Bonchev–Trinajstić information content (AvgIpc) is 2.37. The summed E-state index contributed by atoms with van der Waals surface area (Å²) >= 11 is 0. The molecule has 2 fully saturated rings. The average molecular weight is 141 g/mol. The molecule has 1 saturated carbocycles. The van der Waals surface area contributed by atoms with Gasteiger partial charge in [0.25, 0.3) is 0 Å². The largest absolute Gasteiger partial charge is 0.479 e. The van der Waals surface area contributed by atoms with Crippen LogP contribution in [0.3, 0.4) is 0 Å². The Morgan fingerprint density at radius 2 is 2.50 bits per heavy atom. The zero-order chi connectivity index (χ0) is 7.35. The van der Waals surface area contributed by atoms with E-state index in [0.717, 1.165) is 0 Å². The lowest BCUT2D eigenvalue weighted by atomic mass is 10.2. The fourth-order valence-electron chi connectivity index (χ4n) is 1.57. The van der Waals surface area contributed by atoms with Crippen LogP contribution >= 0.6 is 0 Å². The van der Waals surface area contributed by atoms with E-state index in [1.807, 2.05) is 0 Å². The number of carbonyl (C=O) groups is 2. The maximum atomic E-state index is 10.6. The minimum absolute atomic E-state index is 0.0671. The lowest BCUT2D eigenvalue weighted by Gasteiger charge is -2.04. The molecular weight excluding hydrogens is 134 g/mol. The van der Waals surface area contributed by atoms with Crippen molar-refractivity contribution in [2.75, 3.05) is 0 Å². The fourth-order valence-corrected chi connectivity index (χ4v) is 1.57. The Labute approximate surface area is 57.2 Å². The molecule has 10 heavy (non-hydrogen) atoms. The van der Waals surface area contributed by atoms with E-state index in [0.29, 0.717) is 12.8 Å². The molecular formula is C6H7NO3. The van der Waals surface area contributed by atoms with Crippen LogP contribution in [0.4, 0.5) is 0 Å². The van der Waals surface area contributed by atoms with Crippen molar-refractivity contribution in [2.45, 2.75) is 18.4 Å². The van der Waals surface area contributed by atoms with Crippen molar-refractivity contribution < 1.29 is 14.7 Å². The molecule has 0 aromatic carbocycles. The van der Waals surface area contributed by atoms with Gasteiger partial charge in [-0.15, -0.1) is 0 Å². The Morgan fingerprint density at radius 1 is 1.80 bits per heavy atom. The second-order valence-electron chi connectivity index (χ2n) is 2.93. The Morgan fingerprint density at radius 3 is 2.80 bits per heavy atom. The molecule has 1 aliphatic carbocycles. The first-order valence-corrected chi connectivity index (χ1v) is 3.19. The molecule has 1 unspecified atom stereocenters. The number of amides is 1. The van der Waals surface area contributed by atoms with E-state index in [2.05, 4.69) is 5.32 Å². The second kappa shape index (κ2) is 1.33. The maximum absolute atomic E-state index is 10.6. The van der Waals surface area contributed by atoms with Crippen LogP contribution in [0.1, 0.15) is 12.8 Å². The van der Waals surface area contributed by atoms with Crippen LogP contribution in [0.5, 0.6) is 0 Å². The van der Waals surface area contributed by atoms with Crippen molar-refractivity contribution in [3.63, 3.8) is 0 Å². The minimum Gasteiger partial charge on any atom is -0.479 e. The molecule has 0 aromatic heterocycles. The molecule has 0 aromatic rings. The fraction of sp³-hybridized carbons (Fsp3) is 0.667. The number of aliphatic carboxylic acids is 1. The Balaban J connectivity index is 2.23. The summed E-state index contributed by atoms with van der Waals surface area (Å²) in [6.45, 7) is 0. The number of carboxylic acids is 1. The van der Waals surface area contributed by atoms with E-state index >= 15 is 0 Å². The second-order valence-corrected chi connectivity index (χ2v) is 2.93. The SMILES string of the molecule is O=C1CC2C[C@@]2(C(=O)O)N1. The molecule has 1 saturated heterocycles. The number of hydrogen-bond donors (Lipinski definition) is 2. The van der Waals surface area contributed by atoms with Gasteiger partial charge in [-0.3, -0.25) is 4.79 Å². The van der Waals surface area contributed by atoms with Crippen molar-refractivity contribution in [3.05, 3.63) is 0 Å². The van der Waals surface area contributed by atoms with E-state index in [4.69, 9.17) is 5.11 Å². The zero-order valence-corrected chi connectivity index (χ0v) is 5.26. The number of rotatable bonds is 1. The van der Waals surface area contributed by atoms with E-state index in [1.165, 1.54) is 0 Å².